The Morgan fingerprint density at radius 1 is 1.11 bits per heavy atom. The van der Waals surface area contributed by atoms with Crippen LogP contribution in [0.3, 0.4) is 0 Å². The molecule has 0 N–H and O–H groups in total. The topological polar surface area (TPSA) is 9.23 Å². The molecule has 0 bridgehead atoms. The fourth-order valence-electron chi connectivity index (χ4n) is 1.49. The van der Waals surface area contributed by atoms with Crippen molar-refractivity contribution in [3.05, 3.63) is 64.1 Å². The van der Waals surface area contributed by atoms with Crippen LogP contribution in [0.15, 0.2) is 53.0 Å². The normalized spacial score (nSPS) is 9.44. The average Bonchev–Trinajstić information content (AvgIpc) is 2.40. The fraction of sp³-hybridized carbons (Fsp3) is 0.125. The van der Waals surface area contributed by atoms with Crippen LogP contribution in [0, 0.1) is 18.8 Å². The molecular weight excluding hydrogens is 288 g/mol. The van der Waals surface area contributed by atoms with Gasteiger partial charge in [-0.3, -0.25) is 0 Å². The molecule has 0 saturated heterocycles. The zero-order valence-corrected chi connectivity index (χ0v) is 11.7. The van der Waals surface area contributed by atoms with Gasteiger partial charge in [-0.1, -0.05) is 46.0 Å². The van der Waals surface area contributed by atoms with Gasteiger partial charge in [0.15, 0.2) is 0 Å². The molecule has 0 aromatic heterocycles. The van der Waals surface area contributed by atoms with Crippen LogP contribution in [0.5, 0.6) is 5.75 Å². The molecule has 0 saturated carbocycles. The largest absolute Gasteiger partial charge is 0.481 e. The monoisotopic (exact) mass is 300 g/mol. The molecule has 2 aromatic rings. The summed E-state index contributed by atoms with van der Waals surface area (Å²) in [7, 11) is 0. The Kier molecular flexibility index (Phi) is 4.44. The summed E-state index contributed by atoms with van der Waals surface area (Å²) in [4.78, 5) is 0. The maximum atomic E-state index is 5.57. The number of rotatable bonds is 2. The summed E-state index contributed by atoms with van der Waals surface area (Å²) in [6.07, 6.45) is 0. The fourth-order valence-corrected chi connectivity index (χ4v) is 1.73. The Labute approximate surface area is 116 Å². The number of ether oxygens (including phenoxy) is 1. The highest BCUT2D eigenvalue weighted by atomic mass is 79.9. The summed E-state index contributed by atoms with van der Waals surface area (Å²) in [5.74, 6) is 6.90. The maximum absolute atomic E-state index is 5.57. The zero-order valence-electron chi connectivity index (χ0n) is 10.1. The molecule has 0 amide bonds. The average molecular weight is 301 g/mol. The molecule has 2 heteroatoms. The summed E-state index contributed by atoms with van der Waals surface area (Å²) in [6, 6.07) is 15.8. The van der Waals surface area contributed by atoms with Gasteiger partial charge in [0.1, 0.15) is 12.4 Å². The lowest BCUT2D eigenvalue weighted by Crippen LogP contribution is -1.94. The summed E-state index contributed by atoms with van der Waals surface area (Å²) in [5.41, 5.74) is 2.16. The first-order valence-corrected chi connectivity index (χ1v) is 6.48. The van der Waals surface area contributed by atoms with Crippen molar-refractivity contribution in [2.45, 2.75) is 6.92 Å². The van der Waals surface area contributed by atoms with E-state index >= 15 is 0 Å². The molecule has 0 spiro atoms. The summed E-state index contributed by atoms with van der Waals surface area (Å²) in [5, 5.41) is 0. The van der Waals surface area contributed by atoms with E-state index in [0.29, 0.717) is 6.61 Å². The van der Waals surface area contributed by atoms with Crippen LogP contribution in [0.25, 0.3) is 0 Å². The Hall–Kier alpha value is -1.72. The molecule has 0 atom stereocenters. The number of hydrogen-bond acceptors (Lipinski definition) is 1. The van der Waals surface area contributed by atoms with Gasteiger partial charge in [0, 0.05) is 10.0 Å². The molecule has 2 rings (SSSR count). The minimum absolute atomic E-state index is 0.399. The quantitative estimate of drug-likeness (QED) is 0.756. The third-order valence-electron chi connectivity index (χ3n) is 2.45. The van der Waals surface area contributed by atoms with E-state index in [1.165, 1.54) is 0 Å². The Morgan fingerprint density at radius 3 is 2.61 bits per heavy atom. The van der Waals surface area contributed by atoms with Crippen LogP contribution < -0.4 is 4.74 Å². The van der Waals surface area contributed by atoms with Crippen LogP contribution in [-0.4, -0.2) is 6.61 Å². The number of benzene rings is 2. The smallest absolute Gasteiger partial charge is 0.149 e. The minimum Gasteiger partial charge on any atom is -0.481 e. The van der Waals surface area contributed by atoms with Gasteiger partial charge in [0.25, 0.3) is 0 Å². The lowest BCUT2D eigenvalue weighted by Gasteiger charge is -2.04. The van der Waals surface area contributed by atoms with E-state index in [0.717, 1.165) is 21.3 Å². The third-order valence-corrected chi connectivity index (χ3v) is 3.34. The molecule has 0 aliphatic carbocycles. The van der Waals surface area contributed by atoms with Gasteiger partial charge < -0.3 is 4.74 Å². The Bertz CT molecular complexity index is 579. The third kappa shape index (κ3) is 3.65. The predicted octanol–water partition coefficient (Wildman–Crippen LogP) is 4.19. The van der Waals surface area contributed by atoms with Crippen LogP contribution in [0.1, 0.15) is 11.1 Å². The lowest BCUT2D eigenvalue weighted by molar-refractivity contribution is 0.370. The molecule has 18 heavy (non-hydrogen) atoms. The Balaban J connectivity index is 1.93. The highest BCUT2D eigenvalue weighted by Crippen LogP contribution is 2.21. The van der Waals surface area contributed by atoms with Crippen LogP contribution in [0.2, 0.25) is 0 Å². The number of halogens is 1. The first kappa shape index (κ1) is 12.7. The minimum atomic E-state index is 0.399. The molecule has 2 aromatic carbocycles. The van der Waals surface area contributed by atoms with Gasteiger partial charge in [0.05, 0.1) is 0 Å². The standard InChI is InChI=1S/C16H13BrO/c1-13-12-15(9-10-16(13)17)18-11-5-8-14-6-3-2-4-7-14/h2-4,6-7,9-10,12H,11H2,1H3. The van der Waals surface area contributed by atoms with Crippen molar-refractivity contribution in [1.29, 1.82) is 0 Å². The zero-order chi connectivity index (χ0) is 12.8. The predicted molar refractivity (Wildman–Crippen MR) is 77.7 cm³/mol. The van der Waals surface area contributed by atoms with Crippen LogP contribution in [-0.2, 0) is 0 Å². The van der Waals surface area contributed by atoms with Crippen molar-refractivity contribution in [3.63, 3.8) is 0 Å². The van der Waals surface area contributed by atoms with Crippen molar-refractivity contribution in [3.8, 4) is 17.6 Å². The van der Waals surface area contributed by atoms with Gasteiger partial charge in [-0.2, -0.15) is 0 Å². The van der Waals surface area contributed by atoms with Gasteiger partial charge >= 0.3 is 0 Å². The van der Waals surface area contributed by atoms with E-state index in [9.17, 15) is 0 Å². The SMILES string of the molecule is Cc1cc(OCC#Cc2ccccc2)ccc1Br. The summed E-state index contributed by atoms with van der Waals surface area (Å²) >= 11 is 3.46. The maximum Gasteiger partial charge on any atom is 0.149 e. The summed E-state index contributed by atoms with van der Waals surface area (Å²) in [6.45, 7) is 2.43. The second kappa shape index (κ2) is 6.28. The van der Waals surface area contributed by atoms with Gasteiger partial charge in [0.2, 0.25) is 0 Å². The molecular formula is C16H13BrO. The van der Waals surface area contributed by atoms with Crippen LogP contribution in [0.4, 0.5) is 0 Å². The van der Waals surface area contributed by atoms with Crippen molar-refractivity contribution in [2.24, 2.45) is 0 Å². The molecule has 0 fully saturated rings. The highest BCUT2D eigenvalue weighted by molar-refractivity contribution is 9.10. The lowest BCUT2D eigenvalue weighted by atomic mass is 10.2. The molecule has 0 heterocycles. The molecule has 0 aliphatic rings. The molecule has 1 nitrogen and oxygen atoms in total. The van der Waals surface area contributed by atoms with E-state index in [1.807, 2.05) is 55.5 Å². The van der Waals surface area contributed by atoms with Crippen LogP contribution >= 0.6 is 15.9 Å². The second-order valence-corrected chi connectivity index (χ2v) is 4.72. The first-order chi connectivity index (χ1) is 8.75. The number of aryl methyl sites for hydroxylation is 1. The van der Waals surface area contributed by atoms with E-state index in [4.69, 9.17) is 4.74 Å². The second-order valence-electron chi connectivity index (χ2n) is 3.87. The van der Waals surface area contributed by atoms with Crippen molar-refractivity contribution >= 4 is 15.9 Å². The summed E-state index contributed by atoms with van der Waals surface area (Å²) < 4.78 is 6.66. The highest BCUT2D eigenvalue weighted by Gasteiger charge is 1.96. The van der Waals surface area contributed by atoms with Crippen molar-refractivity contribution in [2.75, 3.05) is 6.61 Å². The molecule has 0 aliphatic heterocycles. The van der Waals surface area contributed by atoms with E-state index in [1.54, 1.807) is 0 Å². The van der Waals surface area contributed by atoms with Gasteiger partial charge in [-0.15, -0.1) is 0 Å². The van der Waals surface area contributed by atoms with Crippen molar-refractivity contribution < 1.29 is 4.74 Å². The Morgan fingerprint density at radius 2 is 1.89 bits per heavy atom. The van der Waals surface area contributed by atoms with Gasteiger partial charge in [-0.05, 0) is 42.8 Å². The van der Waals surface area contributed by atoms with E-state index < -0.39 is 0 Å². The van der Waals surface area contributed by atoms with E-state index in [2.05, 4.69) is 27.8 Å². The molecule has 0 unspecified atom stereocenters. The van der Waals surface area contributed by atoms with E-state index in [-0.39, 0.29) is 0 Å². The van der Waals surface area contributed by atoms with Gasteiger partial charge in [-0.25, -0.2) is 0 Å². The van der Waals surface area contributed by atoms with Crippen molar-refractivity contribution in [1.82, 2.24) is 0 Å². The molecule has 0 radical (unpaired) electrons. The number of hydrogen-bond donors (Lipinski definition) is 0. The first-order valence-electron chi connectivity index (χ1n) is 5.68. The molecule has 90 valence electrons.